The van der Waals surface area contributed by atoms with Crippen molar-refractivity contribution in [1.82, 2.24) is 0 Å². The van der Waals surface area contributed by atoms with Crippen molar-refractivity contribution in [2.24, 2.45) is 0 Å². The quantitative estimate of drug-likeness (QED) is 0.607. The third-order valence-corrected chi connectivity index (χ3v) is 5.90. The van der Waals surface area contributed by atoms with Gasteiger partial charge in [-0.05, 0) is 37.3 Å². The van der Waals surface area contributed by atoms with Crippen molar-refractivity contribution in [2.45, 2.75) is 32.6 Å². The molecule has 2 heterocycles. The average Bonchev–Trinajstić information content (AvgIpc) is 3.17. The molecule has 0 spiro atoms. The number of rotatable bonds is 9. The van der Waals surface area contributed by atoms with E-state index in [0.29, 0.717) is 42.6 Å². The molecule has 160 valence electrons. The summed E-state index contributed by atoms with van der Waals surface area (Å²) in [5.41, 5.74) is 0.835. The first kappa shape index (κ1) is 22.1. The smallest absolute Gasteiger partial charge is 0.224 e. The second kappa shape index (κ2) is 10.4. The van der Waals surface area contributed by atoms with Crippen LogP contribution in [0, 0.1) is 12.7 Å². The number of morpholine rings is 1. The van der Waals surface area contributed by atoms with E-state index in [0.717, 1.165) is 4.88 Å². The normalized spacial score (nSPS) is 13.9. The maximum absolute atomic E-state index is 14.4. The molecule has 2 aromatic rings. The minimum absolute atomic E-state index is 0.00202. The van der Waals surface area contributed by atoms with E-state index in [2.05, 4.69) is 5.32 Å². The second-order valence-electron chi connectivity index (χ2n) is 7.19. The average molecular weight is 433 g/mol. The number of thiophene rings is 1. The summed E-state index contributed by atoms with van der Waals surface area (Å²) in [5, 5.41) is 2.62. The molecule has 1 saturated heterocycles. The molecule has 0 radical (unpaired) electrons. The highest BCUT2D eigenvalue weighted by Gasteiger charge is 2.16. The van der Waals surface area contributed by atoms with Crippen LogP contribution in [0.3, 0.4) is 0 Å². The highest BCUT2D eigenvalue weighted by Crippen LogP contribution is 2.24. The Balaban J connectivity index is 1.42. The van der Waals surface area contributed by atoms with Gasteiger partial charge in [0.05, 0.1) is 23.8 Å². The maximum atomic E-state index is 14.4. The fraction of sp³-hybridized carbons (Fsp3) is 0.409. The molecule has 1 amide bonds. The van der Waals surface area contributed by atoms with Crippen LogP contribution in [0.4, 0.5) is 15.8 Å². The summed E-state index contributed by atoms with van der Waals surface area (Å²) >= 11 is 1.41. The Hall–Kier alpha value is -2.58. The van der Waals surface area contributed by atoms with Gasteiger partial charge in [0, 0.05) is 49.3 Å². The SMILES string of the molecule is Cc1ccc(C(=O)CCC(=O)CCC(=O)Nc2ccc(N3CCOCC3)c(F)c2)s1. The standard InChI is InChI=1S/C22H25FN2O4S/c1-15-2-8-21(30-15)20(27)7-4-17(26)5-9-22(28)24-16-3-6-19(18(23)14-16)25-10-12-29-13-11-25/h2-3,6,8,14H,4-5,7,9-13H2,1H3,(H,24,28). The molecular weight excluding hydrogens is 407 g/mol. The number of Topliss-reactive ketones (excluding diaryl/α,β-unsaturated/α-hetero) is 2. The van der Waals surface area contributed by atoms with Gasteiger partial charge in [-0.3, -0.25) is 14.4 Å². The molecule has 0 unspecified atom stereocenters. The topological polar surface area (TPSA) is 75.7 Å². The Bertz CT molecular complexity index is 922. The first-order chi connectivity index (χ1) is 14.4. The van der Waals surface area contributed by atoms with Crippen LogP contribution in [0.15, 0.2) is 30.3 Å². The van der Waals surface area contributed by atoms with Gasteiger partial charge in [0.25, 0.3) is 0 Å². The van der Waals surface area contributed by atoms with Crippen molar-refractivity contribution in [2.75, 3.05) is 36.5 Å². The van der Waals surface area contributed by atoms with Crippen molar-refractivity contribution < 1.29 is 23.5 Å². The molecule has 0 saturated carbocycles. The molecule has 30 heavy (non-hydrogen) atoms. The largest absolute Gasteiger partial charge is 0.378 e. The Kier molecular flexibility index (Phi) is 7.70. The van der Waals surface area contributed by atoms with Crippen molar-refractivity contribution >= 4 is 40.2 Å². The zero-order valence-electron chi connectivity index (χ0n) is 16.9. The van der Waals surface area contributed by atoms with Crippen molar-refractivity contribution in [1.29, 1.82) is 0 Å². The van der Waals surface area contributed by atoms with Crippen LogP contribution in [-0.4, -0.2) is 43.8 Å². The monoisotopic (exact) mass is 432 g/mol. The summed E-state index contributed by atoms with van der Waals surface area (Å²) in [6, 6.07) is 8.21. The number of anilines is 2. The van der Waals surface area contributed by atoms with Gasteiger partial charge in [0.2, 0.25) is 5.91 Å². The molecule has 1 N–H and O–H groups in total. The van der Waals surface area contributed by atoms with E-state index in [1.807, 2.05) is 17.9 Å². The van der Waals surface area contributed by atoms with E-state index in [4.69, 9.17) is 4.74 Å². The number of nitrogens with one attached hydrogen (secondary N) is 1. The van der Waals surface area contributed by atoms with E-state index in [-0.39, 0.29) is 43.2 Å². The van der Waals surface area contributed by atoms with Crippen LogP contribution in [0.1, 0.15) is 40.2 Å². The lowest BCUT2D eigenvalue weighted by Crippen LogP contribution is -2.36. The predicted octanol–water partition coefficient (Wildman–Crippen LogP) is 3.98. The number of hydrogen-bond donors (Lipinski definition) is 1. The number of hydrogen-bond acceptors (Lipinski definition) is 6. The summed E-state index contributed by atoms with van der Waals surface area (Å²) in [6.07, 6.45) is 0.315. The number of carbonyl (C=O) groups excluding carboxylic acids is 3. The Morgan fingerprint density at radius 1 is 1.07 bits per heavy atom. The maximum Gasteiger partial charge on any atom is 0.224 e. The zero-order chi connectivity index (χ0) is 21.5. The summed E-state index contributed by atoms with van der Waals surface area (Å²) in [5.74, 6) is -0.961. The van der Waals surface area contributed by atoms with Gasteiger partial charge in [-0.2, -0.15) is 0 Å². The van der Waals surface area contributed by atoms with Gasteiger partial charge in [-0.15, -0.1) is 11.3 Å². The second-order valence-corrected chi connectivity index (χ2v) is 8.47. The van der Waals surface area contributed by atoms with Gasteiger partial charge in [0.15, 0.2) is 5.78 Å². The molecule has 0 atom stereocenters. The molecule has 1 aromatic carbocycles. The van der Waals surface area contributed by atoms with E-state index in [1.54, 1.807) is 18.2 Å². The number of halogens is 1. The first-order valence-corrected chi connectivity index (χ1v) is 10.8. The highest BCUT2D eigenvalue weighted by molar-refractivity contribution is 7.14. The summed E-state index contributed by atoms with van der Waals surface area (Å²) in [4.78, 5) is 39.8. The number of nitrogens with zero attached hydrogens (tertiary/aromatic N) is 1. The Labute approximate surface area is 179 Å². The first-order valence-electron chi connectivity index (χ1n) is 9.96. The molecule has 3 rings (SSSR count). The van der Waals surface area contributed by atoms with Crippen LogP contribution in [0.2, 0.25) is 0 Å². The third-order valence-electron chi connectivity index (χ3n) is 4.86. The van der Waals surface area contributed by atoms with Crippen LogP contribution < -0.4 is 10.2 Å². The Morgan fingerprint density at radius 3 is 2.47 bits per heavy atom. The van der Waals surface area contributed by atoms with Crippen molar-refractivity contribution in [3.8, 4) is 0 Å². The van der Waals surface area contributed by atoms with Crippen molar-refractivity contribution in [3.05, 3.63) is 45.9 Å². The van der Waals surface area contributed by atoms with Crippen LogP contribution in [0.5, 0.6) is 0 Å². The van der Waals surface area contributed by atoms with Gasteiger partial charge in [-0.25, -0.2) is 4.39 Å². The number of ether oxygens (including phenoxy) is 1. The van der Waals surface area contributed by atoms with Gasteiger partial charge in [-0.1, -0.05) is 0 Å². The third kappa shape index (κ3) is 6.21. The molecule has 1 aliphatic heterocycles. The minimum Gasteiger partial charge on any atom is -0.378 e. The summed E-state index contributed by atoms with van der Waals surface area (Å²) < 4.78 is 19.7. The molecule has 1 aromatic heterocycles. The molecule has 1 aliphatic rings. The number of ketones is 2. The number of carbonyl (C=O) groups is 3. The Morgan fingerprint density at radius 2 is 1.80 bits per heavy atom. The van der Waals surface area contributed by atoms with Crippen LogP contribution >= 0.6 is 11.3 Å². The predicted molar refractivity (Wildman–Crippen MR) is 115 cm³/mol. The highest BCUT2D eigenvalue weighted by atomic mass is 32.1. The molecule has 1 fully saturated rings. The number of amides is 1. The molecule has 0 aliphatic carbocycles. The fourth-order valence-electron chi connectivity index (χ4n) is 3.21. The molecule has 6 nitrogen and oxygen atoms in total. The number of benzene rings is 1. The molecule has 8 heteroatoms. The lowest BCUT2D eigenvalue weighted by Gasteiger charge is -2.29. The van der Waals surface area contributed by atoms with E-state index in [9.17, 15) is 18.8 Å². The molecular formula is C22H25FN2O4S. The molecule has 0 bridgehead atoms. The van der Waals surface area contributed by atoms with Gasteiger partial charge < -0.3 is 15.0 Å². The van der Waals surface area contributed by atoms with E-state index >= 15 is 0 Å². The minimum atomic E-state index is -0.409. The van der Waals surface area contributed by atoms with Crippen molar-refractivity contribution in [3.63, 3.8) is 0 Å². The fourth-order valence-corrected chi connectivity index (χ4v) is 4.04. The summed E-state index contributed by atoms with van der Waals surface area (Å²) in [7, 11) is 0. The number of aryl methyl sites for hydroxylation is 1. The lowest BCUT2D eigenvalue weighted by molar-refractivity contribution is -0.122. The van der Waals surface area contributed by atoms with Gasteiger partial charge >= 0.3 is 0 Å². The zero-order valence-corrected chi connectivity index (χ0v) is 17.7. The van der Waals surface area contributed by atoms with E-state index in [1.165, 1.54) is 17.4 Å². The van der Waals surface area contributed by atoms with Gasteiger partial charge in [0.1, 0.15) is 11.6 Å². The van der Waals surface area contributed by atoms with E-state index < -0.39 is 5.82 Å². The lowest BCUT2D eigenvalue weighted by atomic mass is 10.1. The van der Waals surface area contributed by atoms with Crippen LogP contribution in [0.25, 0.3) is 0 Å². The van der Waals surface area contributed by atoms with Crippen LogP contribution in [-0.2, 0) is 14.3 Å². The summed E-state index contributed by atoms with van der Waals surface area (Å²) in [6.45, 7) is 4.29.